The molecule has 0 spiro atoms. The van der Waals surface area contributed by atoms with Crippen LogP contribution in [0.1, 0.15) is 0 Å². The van der Waals surface area contributed by atoms with Crippen molar-refractivity contribution in [3.05, 3.63) is 40.7 Å². The number of halogens is 1. The Morgan fingerprint density at radius 3 is 2.65 bits per heavy atom. The van der Waals surface area contributed by atoms with Crippen molar-refractivity contribution in [2.24, 2.45) is 10.1 Å². The second kappa shape index (κ2) is 4.17. The minimum Gasteiger partial charge on any atom is -0.485 e. The van der Waals surface area contributed by atoms with Gasteiger partial charge < -0.3 is 10.5 Å². The third-order valence-corrected chi connectivity index (χ3v) is 3.52. The summed E-state index contributed by atoms with van der Waals surface area (Å²) in [5, 5.41) is 0. The van der Waals surface area contributed by atoms with E-state index in [1.807, 2.05) is 0 Å². The Balaban J connectivity index is 2.16. The highest BCUT2D eigenvalue weighted by molar-refractivity contribution is 7.94. The lowest BCUT2D eigenvalue weighted by molar-refractivity contribution is 0.337. The second-order valence-corrected chi connectivity index (χ2v) is 4.96. The molecule has 1 aliphatic rings. The lowest BCUT2D eigenvalue weighted by Gasteiger charge is -2.07. The van der Waals surface area contributed by atoms with Crippen molar-refractivity contribution in [3.8, 4) is 5.75 Å². The standard InChI is InChI=1S/C10H9FN2O3S/c11-7-3-1-2-4-9(7)16-6-10-8(12)5-13-17(10,14)15/h1-5H,6,12H2. The average molecular weight is 256 g/mol. The zero-order valence-electron chi connectivity index (χ0n) is 8.63. The number of rotatable bonds is 3. The first-order chi connectivity index (χ1) is 8.00. The maximum Gasteiger partial charge on any atom is 0.284 e. The van der Waals surface area contributed by atoms with Gasteiger partial charge in [0.15, 0.2) is 11.6 Å². The Kier molecular flexibility index (Phi) is 2.84. The van der Waals surface area contributed by atoms with Gasteiger partial charge in [-0.2, -0.15) is 12.8 Å². The number of nitrogens with zero attached hydrogens (tertiary/aromatic N) is 1. The molecule has 2 rings (SSSR count). The van der Waals surface area contributed by atoms with Crippen LogP contribution in [0.3, 0.4) is 0 Å². The van der Waals surface area contributed by atoms with Gasteiger partial charge in [-0.05, 0) is 12.1 Å². The Morgan fingerprint density at radius 1 is 1.35 bits per heavy atom. The summed E-state index contributed by atoms with van der Waals surface area (Å²) in [4.78, 5) is -0.152. The van der Waals surface area contributed by atoms with Crippen LogP contribution in [0.2, 0.25) is 0 Å². The third-order valence-electron chi connectivity index (χ3n) is 2.16. The summed E-state index contributed by atoms with van der Waals surface area (Å²) in [6, 6.07) is 5.70. The lowest BCUT2D eigenvalue weighted by Crippen LogP contribution is -2.12. The fraction of sp³-hybridized carbons (Fsp3) is 0.100. The average Bonchev–Trinajstić information content (AvgIpc) is 2.53. The molecule has 0 saturated heterocycles. The molecule has 2 N–H and O–H groups in total. The Labute approximate surface area is 97.5 Å². The van der Waals surface area contributed by atoms with Crippen molar-refractivity contribution in [1.82, 2.24) is 0 Å². The molecule has 0 bridgehead atoms. The molecule has 0 unspecified atom stereocenters. The van der Waals surface area contributed by atoms with Crippen molar-refractivity contribution in [1.29, 1.82) is 0 Å². The summed E-state index contributed by atoms with van der Waals surface area (Å²) in [6.45, 7) is -0.338. The smallest absolute Gasteiger partial charge is 0.284 e. The highest BCUT2D eigenvalue weighted by Gasteiger charge is 2.25. The summed E-state index contributed by atoms with van der Waals surface area (Å²) >= 11 is 0. The fourth-order valence-electron chi connectivity index (χ4n) is 1.27. The van der Waals surface area contributed by atoms with Crippen LogP contribution < -0.4 is 10.5 Å². The molecule has 90 valence electrons. The van der Waals surface area contributed by atoms with Crippen molar-refractivity contribution < 1.29 is 17.5 Å². The Morgan fingerprint density at radius 2 is 2.06 bits per heavy atom. The molecule has 0 amide bonds. The van der Waals surface area contributed by atoms with E-state index < -0.39 is 15.8 Å². The number of nitrogens with two attached hydrogens (primary N) is 1. The van der Waals surface area contributed by atoms with Crippen LogP contribution in [-0.4, -0.2) is 21.2 Å². The highest BCUT2D eigenvalue weighted by Crippen LogP contribution is 2.21. The minimum atomic E-state index is -3.74. The van der Waals surface area contributed by atoms with Gasteiger partial charge >= 0.3 is 0 Å². The minimum absolute atomic E-state index is 0.0151. The molecule has 0 aliphatic carbocycles. The third kappa shape index (κ3) is 2.28. The molecule has 0 saturated carbocycles. The summed E-state index contributed by atoms with van der Waals surface area (Å²) in [7, 11) is -3.74. The van der Waals surface area contributed by atoms with Crippen LogP contribution in [0.25, 0.3) is 0 Å². The SMILES string of the molecule is NC1=C(COc2ccccc2F)S(=O)(=O)N=C1. The Bertz CT molecular complexity index is 608. The maximum atomic E-state index is 13.2. The van der Waals surface area contributed by atoms with Crippen LogP contribution in [0.15, 0.2) is 39.3 Å². The predicted octanol–water partition coefficient (Wildman–Crippen LogP) is 0.789. The van der Waals surface area contributed by atoms with E-state index in [2.05, 4.69) is 4.40 Å². The summed E-state index contributed by atoms with van der Waals surface area (Å²) < 4.78 is 44.2. The monoisotopic (exact) mass is 256 g/mol. The largest absolute Gasteiger partial charge is 0.485 e. The Hall–Kier alpha value is -1.89. The van der Waals surface area contributed by atoms with Gasteiger partial charge in [0, 0.05) is 0 Å². The van der Waals surface area contributed by atoms with Gasteiger partial charge in [0.1, 0.15) is 11.5 Å². The van der Waals surface area contributed by atoms with Gasteiger partial charge in [0.25, 0.3) is 10.0 Å². The van der Waals surface area contributed by atoms with E-state index in [1.165, 1.54) is 18.2 Å². The fourth-order valence-corrected chi connectivity index (χ4v) is 2.21. The molecule has 1 aliphatic heterocycles. The molecular weight excluding hydrogens is 247 g/mol. The first-order valence-corrected chi connectivity index (χ1v) is 6.11. The van der Waals surface area contributed by atoms with E-state index in [9.17, 15) is 12.8 Å². The molecule has 0 aromatic heterocycles. The van der Waals surface area contributed by atoms with Crippen molar-refractivity contribution in [3.63, 3.8) is 0 Å². The topological polar surface area (TPSA) is 81.8 Å². The number of para-hydroxylation sites is 1. The van der Waals surface area contributed by atoms with E-state index in [0.717, 1.165) is 6.21 Å². The predicted molar refractivity (Wildman–Crippen MR) is 60.5 cm³/mol. The quantitative estimate of drug-likeness (QED) is 0.866. The normalized spacial score (nSPS) is 17.5. The molecule has 7 heteroatoms. The van der Waals surface area contributed by atoms with Crippen molar-refractivity contribution in [2.75, 3.05) is 6.61 Å². The van der Waals surface area contributed by atoms with Gasteiger partial charge in [0.2, 0.25) is 0 Å². The number of sulfonamides is 1. The van der Waals surface area contributed by atoms with Gasteiger partial charge in [-0.1, -0.05) is 12.1 Å². The lowest BCUT2D eigenvalue weighted by atomic mass is 10.3. The van der Waals surface area contributed by atoms with Gasteiger partial charge in [-0.3, -0.25) is 0 Å². The zero-order valence-corrected chi connectivity index (χ0v) is 9.45. The van der Waals surface area contributed by atoms with Crippen LogP contribution in [-0.2, 0) is 10.0 Å². The number of hydrogen-bond donors (Lipinski definition) is 1. The number of allylic oxidation sites excluding steroid dienone is 1. The molecule has 17 heavy (non-hydrogen) atoms. The number of hydrogen-bond acceptors (Lipinski definition) is 4. The molecular formula is C10H9FN2O3S. The first-order valence-electron chi connectivity index (χ1n) is 4.67. The summed E-state index contributed by atoms with van der Waals surface area (Å²) in [5.74, 6) is -0.599. The molecule has 5 nitrogen and oxygen atoms in total. The van der Waals surface area contributed by atoms with Gasteiger partial charge in [0.05, 0.1) is 11.9 Å². The molecule has 1 heterocycles. The zero-order chi connectivity index (χ0) is 12.5. The van der Waals surface area contributed by atoms with Crippen LogP contribution in [0, 0.1) is 5.82 Å². The van der Waals surface area contributed by atoms with E-state index in [1.54, 1.807) is 6.07 Å². The van der Waals surface area contributed by atoms with E-state index in [0.29, 0.717) is 0 Å². The van der Waals surface area contributed by atoms with Crippen LogP contribution in [0.4, 0.5) is 4.39 Å². The van der Waals surface area contributed by atoms with Crippen LogP contribution >= 0.6 is 0 Å². The maximum absolute atomic E-state index is 13.2. The summed E-state index contributed by atoms with van der Waals surface area (Å²) in [5.41, 5.74) is 5.45. The molecule has 1 aromatic rings. The summed E-state index contributed by atoms with van der Waals surface area (Å²) in [6.07, 6.45) is 1.04. The molecule has 0 fully saturated rings. The first kappa shape index (κ1) is 11.6. The van der Waals surface area contributed by atoms with E-state index >= 15 is 0 Å². The molecule has 0 atom stereocenters. The van der Waals surface area contributed by atoms with Crippen LogP contribution in [0.5, 0.6) is 5.75 Å². The second-order valence-electron chi connectivity index (χ2n) is 3.31. The van der Waals surface area contributed by atoms with E-state index in [4.69, 9.17) is 10.5 Å². The van der Waals surface area contributed by atoms with E-state index in [-0.39, 0.29) is 23.0 Å². The van der Waals surface area contributed by atoms with Crippen molar-refractivity contribution in [2.45, 2.75) is 0 Å². The van der Waals surface area contributed by atoms with Gasteiger partial charge in [-0.25, -0.2) is 4.39 Å². The highest BCUT2D eigenvalue weighted by atomic mass is 32.2. The molecule has 0 radical (unpaired) electrons. The number of ether oxygens (including phenoxy) is 1. The molecule has 1 aromatic carbocycles. The number of benzene rings is 1. The van der Waals surface area contributed by atoms with Crippen molar-refractivity contribution >= 4 is 16.2 Å². The van der Waals surface area contributed by atoms with Gasteiger partial charge in [-0.15, -0.1) is 0 Å².